The maximum absolute atomic E-state index is 11.3. The quantitative estimate of drug-likeness (QED) is 0.757. The molecule has 2 aliphatic rings. The third-order valence-electron chi connectivity index (χ3n) is 3.82. The highest BCUT2D eigenvalue weighted by Gasteiger charge is 2.22. The van der Waals surface area contributed by atoms with Gasteiger partial charge in [-0.2, -0.15) is 5.10 Å². The number of aliphatic imine (C=N–C) groups is 1. The molecule has 0 aliphatic carbocycles. The number of hydrazone groups is 1. The molecule has 4 N–H and O–H groups in total. The summed E-state index contributed by atoms with van der Waals surface area (Å²) < 4.78 is 0. The van der Waals surface area contributed by atoms with Crippen LogP contribution in [0.25, 0.3) is 0 Å². The number of hydrogen-bond acceptors (Lipinski definition) is 5. The smallest absolute Gasteiger partial charge is 0.240 e. The van der Waals surface area contributed by atoms with Crippen molar-refractivity contribution in [3.63, 3.8) is 0 Å². The number of carbonyl (C=O) groups is 1. The van der Waals surface area contributed by atoms with Crippen LogP contribution in [0.2, 0.25) is 0 Å². The summed E-state index contributed by atoms with van der Waals surface area (Å²) in [6, 6.07) is 7.77. The van der Waals surface area contributed by atoms with Crippen molar-refractivity contribution in [1.82, 2.24) is 10.7 Å². The molecule has 2 heterocycles. The molecule has 21 heavy (non-hydrogen) atoms. The molecular weight excluding hydrogens is 266 g/mol. The van der Waals surface area contributed by atoms with Gasteiger partial charge in [-0.15, -0.1) is 0 Å². The predicted molar refractivity (Wildman–Crippen MR) is 82.1 cm³/mol. The molecule has 0 fully saturated rings. The molecule has 0 aromatic heterocycles. The number of nitrogens with zero attached hydrogens (tertiary/aromatic N) is 2. The zero-order chi connectivity index (χ0) is 14.8. The number of amides is 1. The van der Waals surface area contributed by atoms with E-state index in [2.05, 4.69) is 20.8 Å². The van der Waals surface area contributed by atoms with Crippen LogP contribution >= 0.6 is 0 Å². The zero-order valence-corrected chi connectivity index (χ0v) is 12.0. The maximum Gasteiger partial charge on any atom is 0.240 e. The van der Waals surface area contributed by atoms with E-state index in [4.69, 9.17) is 5.73 Å². The third-order valence-corrected chi connectivity index (χ3v) is 3.82. The highest BCUT2D eigenvalue weighted by atomic mass is 16.2. The minimum atomic E-state index is -0.216. The molecule has 0 radical (unpaired) electrons. The number of nitrogens with one attached hydrogen (secondary N) is 2. The number of rotatable bonds is 3. The van der Waals surface area contributed by atoms with Crippen molar-refractivity contribution in [2.45, 2.75) is 19.4 Å². The van der Waals surface area contributed by atoms with Crippen LogP contribution in [0.5, 0.6) is 0 Å². The van der Waals surface area contributed by atoms with E-state index in [1.54, 1.807) is 0 Å². The number of carbonyl (C=O) groups excluding carboxylic acids is 1. The Bertz CT molecular complexity index is 605. The number of hydrogen-bond donors (Lipinski definition) is 3. The van der Waals surface area contributed by atoms with Gasteiger partial charge in [0.15, 0.2) is 0 Å². The summed E-state index contributed by atoms with van der Waals surface area (Å²) in [4.78, 5) is 15.6. The molecule has 0 bridgehead atoms. The van der Waals surface area contributed by atoms with Crippen LogP contribution in [-0.4, -0.2) is 30.5 Å². The fourth-order valence-corrected chi connectivity index (χ4v) is 2.65. The molecule has 1 amide bonds. The van der Waals surface area contributed by atoms with Gasteiger partial charge in [0.05, 0.1) is 18.3 Å². The number of nitrogens with two attached hydrogens (primary N) is 1. The van der Waals surface area contributed by atoms with Crippen LogP contribution in [0.1, 0.15) is 30.5 Å². The summed E-state index contributed by atoms with van der Waals surface area (Å²) in [7, 11) is 0. The second-order valence-electron chi connectivity index (χ2n) is 5.43. The average molecular weight is 285 g/mol. The Kier molecular flexibility index (Phi) is 3.70. The minimum absolute atomic E-state index is 0.0322. The van der Waals surface area contributed by atoms with E-state index >= 15 is 0 Å². The minimum Gasteiger partial charge on any atom is -0.370 e. The van der Waals surface area contributed by atoms with Crippen molar-refractivity contribution in [3.05, 3.63) is 35.4 Å². The lowest BCUT2D eigenvalue weighted by Gasteiger charge is -2.20. The van der Waals surface area contributed by atoms with Crippen LogP contribution in [0.4, 0.5) is 0 Å². The normalized spacial score (nSPS) is 23.0. The Balaban J connectivity index is 1.79. The first-order chi connectivity index (χ1) is 10.1. The van der Waals surface area contributed by atoms with Crippen LogP contribution < -0.4 is 16.5 Å². The van der Waals surface area contributed by atoms with Gasteiger partial charge in [0.1, 0.15) is 5.84 Å². The molecule has 0 saturated carbocycles. The van der Waals surface area contributed by atoms with Gasteiger partial charge in [-0.05, 0) is 11.1 Å². The number of benzene rings is 1. The molecule has 1 aromatic carbocycles. The lowest BCUT2D eigenvalue weighted by molar-refractivity contribution is -0.121. The summed E-state index contributed by atoms with van der Waals surface area (Å²) in [6.07, 6.45) is 0.473. The van der Waals surface area contributed by atoms with Gasteiger partial charge in [0.2, 0.25) is 5.91 Å². The number of amidine groups is 1. The summed E-state index contributed by atoms with van der Waals surface area (Å²) in [5.41, 5.74) is 11.7. The van der Waals surface area contributed by atoms with E-state index < -0.39 is 0 Å². The van der Waals surface area contributed by atoms with Gasteiger partial charge in [-0.25, -0.2) is 5.43 Å². The van der Waals surface area contributed by atoms with E-state index in [0.717, 1.165) is 35.8 Å². The van der Waals surface area contributed by atoms with E-state index in [1.807, 2.05) is 31.2 Å². The highest BCUT2D eigenvalue weighted by molar-refractivity contribution is 6.05. The second-order valence-corrected chi connectivity index (χ2v) is 5.43. The lowest BCUT2D eigenvalue weighted by atomic mass is 9.93. The molecule has 1 aromatic rings. The summed E-state index contributed by atoms with van der Waals surface area (Å²) in [5.74, 6) is 0.938. The van der Waals surface area contributed by atoms with E-state index in [0.29, 0.717) is 6.42 Å². The maximum atomic E-state index is 11.3. The Morgan fingerprint density at radius 3 is 2.71 bits per heavy atom. The first-order valence-electron chi connectivity index (χ1n) is 7.15. The SMILES string of the molecule is CC1CC(=O)NN=C1c1ccc(C(N)C2=NCCN2)cc1. The molecule has 6 nitrogen and oxygen atoms in total. The first kappa shape index (κ1) is 13.8. The van der Waals surface area contributed by atoms with Crippen molar-refractivity contribution >= 4 is 17.5 Å². The fourth-order valence-electron chi connectivity index (χ4n) is 2.65. The van der Waals surface area contributed by atoms with Crippen LogP contribution in [0, 0.1) is 5.92 Å². The molecule has 2 aliphatic heterocycles. The molecule has 3 rings (SSSR count). The van der Waals surface area contributed by atoms with Crippen molar-refractivity contribution in [1.29, 1.82) is 0 Å². The second kappa shape index (κ2) is 5.65. The van der Waals surface area contributed by atoms with Crippen LogP contribution in [0.15, 0.2) is 34.4 Å². The van der Waals surface area contributed by atoms with Crippen molar-refractivity contribution in [3.8, 4) is 0 Å². The van der Waals surface area contributed by atoms with Crippen LogP contribution in [-0.2, 0) is 4.79 Å². The Labute approximate surface area is 123 Å². The van der Waals surface area contributed by atoms with E-state index in [9.17, 15) is 4.79 Å². The lowest BCUT2D eigenvalue weighted by Crippen LogP contribution is -2.32. The summed E-state index contributed by atoms with van der Waals surface area (Å²) in [6.45, 7) is 3.65. The third kappa shape index (κ3) is 2.80. The van der Waals surface area contributed by atoms with Crippen molar-refractivity contribution in [2.24, 2.45) is 21.7 Å². The first-order valence-corrected chi connectivity index (χ1v) is 7.15. The van der Waals surface area contributed by atoms with Crippen molar-refractivity contribution in [2.75, 3.05) is 13.1 Å². The van der Waals surface area contributed by atoms with Gasteiger partial charge >= 0.3 is 0 Å². The molecule has 0 spiro atoms. The Morgan fingerprint density at radius 1 is 1.33 bits per heavy atom. The van der Waals surface area contributed by atoms with Gasteiger partial charge in [-0.1, -0.05) is 31.2 Å². The topological polar surface area (TPSA) is 91.9 Å². The average Bonchev–Trinajstić information content (AvgIpc) is 3.01. The highest BCUT2D eigenvalue weighted by Crippen LogP contribution is 2.19. The Hall–Kier alpha value is -2.21. The standard InChI is InChI=1S/C15H19N5O/c1-9-8-12(21)19-20-14(9)11-4-2-10(3-5-11)13(16)15-17-6-7-18-15/h2-5,9,13H,6-8,16H2,1H3,(H,17,18)(H,19,21). The summed E-state index contributed by atoms with van der Waals surface area (Å²) in [5, 5.41) is 7.36. The van der Waals surface area contributed by atoms with Gasteiger partial charge in [0, 0.05) is 18.9 Å². The Morgan fingerprint density at radius 2 is 2.10 bits per heavy atom. The summed E-state index contributed by atoms with van der Waals surface area (Å²) >= 11 is 0. The van der Waals surface area contributed by atoms with E-state index in [1.165, 1.54) is 0 Å². The monoisotopic (exact) mass is 285 g/mol. The molecule has 2 atom stereocenters. The van der Waals surface area contributed by atoms with Gasteiger partial charge < -0.3 is 11.1 Å². The largest absolute Gasteiger partial charge is 0.370 e. The van der Waals surface area contributed by atoms with Gasteiger partial charge in [-0.3, -0.25) is 9.79 Å². The molecule has 6 heteroatoms. The zero-order valence-electron chi connectivity index (χ0n) is 12.0. The van der Waals surface area contributed by atoms with Gasteiger partial charge in [0.25, 0.3) is 0 Å². The fraction of sp³-hybridized carbons (Fsp3) is 0.400. The molecule has 110 valence electrons. The van der Waals surface area contributed by atoms with Crippen LogP contribution in [0.3, 0.4) is 0 Å². The molecule has 2 unspecified atom stereocenters. The van der Waals surface area contributed by atoms with E-state index in [-0.39, 0.29) is 17.9 Å². The van der Waals surface area contributed by atoms with Crippen molar-refractivity contribution < 1.29 is 4.79 Å². The predicted octanol–water partition coefficient (Wildman–Crippen LogP) is 0.548. The molecular formula is C15H19N5O. The molecule has 0 saturated heterocycles.